The van der Waals surface area contributed by atoms with E-state index in [1.807, 2.05) is 48.9 Å². The van der Waals surface area contributed by atoms with Crippen LogP contribution in [0.5, 0.6) is 0 Å². The normalized spacial score (nSPS) is 11.0. The van der Waals surface area contributed by atoms with Gasteiger partial charge in [0.05, 0.1) is 11.4 Å². The first-order valence-electron chi connectivity index (χ1n) is 8.47. The largest absolute Gasteiger partial charge is 0.381 e. The van der Waals surface area contributed by atoms with Crippen LogP contribution in [0.25, 0.3) is 5.69 Å². The molecule has 0 saturated heterocycles. The number of aryl methyl sites for hydroxylation is 2. The molecular formula is C19H27N3O2. The molecule has 0 aliphatic rings. The molecule has 0 saturated carbocycles. The highest BCUT2D eigenvalue weighted by Gasteiger charge is 2.07. The maximum Gasteiger partial charge on any atom is 0.251 e. The van der Waals surface area contributed by atoms with Gasteiger partial charge in [-0.1, -0.05) is 13.8 Å². The van der Waals surface area contributed by atoms with Crippen LogP contribution in [0.3, 0.4) is 0 Å². The Bertz CT molecular complexity index is 660. The van der Waals surface area contributed by atoms with Gasteiger partial charge in [0.1, 0.15) is 0 Å². The average molecular weight is 329 g/mol. The van der Waals surface area contributed by atoms with E-state index in [0.717, 1.165) is 30.1 Å². The molecule has 0 aliphatic carbocycles. The fraction of sp³-hybridized carbons (Fsp3) is 0.474. The number of carbonyl (C=O) groups is 1. The Kier molecular flexibility index (Phi) is 6.55. The van der Waals surface area contributed by atoms with Crippen molar-refractivity contribution in [1.29, 1.82) is 0 Å². The minimum Gasteiger partial charge on any atom is -0.381 e. The number of benzene rings is 1. The first-order valence-corrected chi connectivity index (χ1v) is 8.47. The van der Waals surface area contributed by atoms with Gasteiger partial charge in [0.25, 0.3) is 5.91 Å². The maximum absolute atomic E-state index is 12.1. The van der Waals surface area contributed by atoms with Gasteiger partial charge in [-0.15, -0.1) is 0 Å². The zero-order valence-electron chi connectivity index (χ0n) is 15.0. The summed E-state index contributed by atoms with van der Waals surface area (Å²) >= 11 is 0. The monoisotopic (exact) mass is 329 g/mol. The van der Waals surface area contributed by atoms with Gasteiger partial charge in [-0.3, -0.25) is 4.79 Å². The Morgan fingerprint density at radius 2 is 1.96 bits per heavy atom. The fourth-order valence-electron chi connectivity index (χ4n) is 2.44. The van der Waals surface area contributed by atoms with Gasteiger partial charge < -0.3 is 10.1 Å². The molecule has 1 aromatic heterocycles. The molecular weight excluding hydrogens is 302 g/mol. The van der Waals surface area contributed by atoms with Crippen LogP contribution in [-0.2, 0) is 4.74 Å². The molecule has 1 amide bonds. The minimum absolute atomic E-state index is 0.0567. The number of amides is 1. The van der Waals surface area contributed by atoms with Crippen LogP contribution < -0.4 is 5.32 Å². The third-order valence-corrected chi connectivity index (χ3v) is 3.59. The number of carbonyl (C=O) groups excluding carboxylic acids is 1. The topological polar surface area (TPSA) is 56.2 Å². The Hall–Kier alpha value is -2.14. The second-order valence-electron chi connectivity index (χ2n) is 6.46. The number of ether oxygens (including phenoxy) is 1. The number of nitrogens with one attached hydrogen (secondary N) is 1. The highest BCUT2D eigenvalue weighted by molar-refractivity contribution is 5.94. The van der Waals surface area contributed by atoms with E-state index < -0.39 is 0 Å². The van der Waals surface area contributed by atoms with Crippen LogP contribution in [0.2, 0.25) is 0 Å². The SMILES string of the molecule is Cc1cc(C)n(-c2ccc(C(=O)NCCCOCC(C)C)cc2)n1. The van der Waals surface area contributed by atoms with Crippen molar-refractivity contribution in [3.63, 3.8) is 0 Å². The van der Waals surface area contributed by atoms with Gasteiger partial charge in [-0.2, -0.15) is 5.10 Å². The standard InChI is InChI=1S/C19H27N3O2/c1-14(2)13-24-11-5-10-20-19(23)17-6-8-18(9-7-17)22-16(4)12-15(3)21-22/h6-9,12,14H,5,10-11,13H2,1-4H3,(H,20,23). The van der Waals surface area contributed by atoms with E-state index in [4.69, 9.17) is 4.74 Å². The Balaban J connectivity index is 1.82. The molecule has 24 heavy (non-hydrogen) atoms. The van der Waals surface area contributed by atoms with E-state index >= 15 is 0 Å². The maximum atomic E-state index is 12.1. The molecule has 0 spiro atoms. The summed E-state index contributed by atoms with van der Waals surface area (Å²) in [6, 6.07) is 9.52. The lowest BCUT2D eigenvalue weighted by Gasteiger charge is -2.09. The van der Waals surface area contributed by atoms with Crippen molar-refractivity contribution in [3.8, 4) is 5.69 Å². The Labute approximate surface area is 144 Å². The first-order chi connectivity index (χ1) is 11.5. The number of aromatic nitrogens is 2. The zero-order valence-corrected chi connectivity index (χ0v) is 15.0. The summed E-state index contributed by atoms with van der Waals surface area (Å²) in [4.78, 5) is 12.1. The third-order valence-electron chi connectivity index (χ3n) is 3.59. The second-order valence-corrected chi connectivity index (χ2v) is 6.46. The molecule has 2 aromatic rings. The van der Waals surface area contributed by atoms with Gasteiger partial charge in [0, 0.05) is 31.0 Å². The summed E-state index contributed by atoms with van der Waals surface area (Å²) in [5.41, 5.74) is 3.67. The van der Waals surface area contributed by atoms with Gasteiger partial charge >= 0.3 is 0 Å². The summed E-state index contributed by atoms with van der Waals surface area (Å²) in [5, 5.41) is 7.37. The number of rotatable bonds is 8. The molecule has 1 N–H and O–H groups in total. The predicted molar refractivity (Wildman–Crippen MR) is 95.6 cm³/mol. The van der Waals surface area contributed by atoms with Crippen LogP contribution in [0.15, 0.2) is 30.3 Å². The predicted octanol–water partition coefficient (Wildman–Crippen LogP) is 3.28. The zero-order chi connectivity index (χ0) is 17.5. The molecule has 130 valence electrons. The van der Waals surface area contributed by atoms with E-state index in [1.165, 1.54) is 0 Å². The van der Waals surface area contributed by atoms with E-state index in [2.05, 4.69) is 24.3 Å². The van der Waals surface area contributed by atoms with Crippen molar-refractivity contribution in [3.05, 3.63) is 47.3 Å². The minimum atomic E-state index is -0.0567. The van der Waals surface area contributed by atoms with Gasteiger partial charge in [-0.05, 0) is 56.5 Å². The molecule has 0 radical (unpaired) electrons. The summed E-state index contributed by atoms with van der Waals surface area (Å²) in [6.45, 7) is 10.3. The van der Waals surface area contributed by atoms with E-state index in [-0.39, 0.29) is 5.91 Å². The third kappa shape index (κ3) is 5.20. The van der Waals surface area contributed by atoms with Crippen LogP contribution in [-0.4, -0.2) is 35.4 Å². The number of nitrogens with zero attached hydrogens (tertiary/aromatic N) is 2. The highest BCUT2D eigenvalue weighted by atomic mass is 16.5. The smallest absolute Gasteiger partial charge is 0.251 e. The Morgan fingerprint density at radius 3 is 2.54 bits per heavy atom. The van der Waals surface area contributed by atoms with Crippen molar-refractivity contribution in [1.82, 2.24) is 15.1 Å². The lowest BCUT2D eigenvalue weighted by atomic mass is 10.2. The molecule has 0 atom stereocenters. The van der Waals surface area contributed by atoms with Crippen molar-refractivity contribution in [2.24, 2.45) is 5.92 Å². The van der Waals surface area contributed by atoms with Gasteiger partial charge in [-0.25, -0.2) is 4.68 Å². The molecule has 5 nitrogen and oxygen atoms in total. The lowest BCUT2D eigenvalue weighted by Crippen LogP contribution is -2.25. The first kappa shape index (κ1) is 18.2. The molecule has 0 bridgehead atoms. The van der Waals surface area contributed by atoms with Crippen molar-refractivity contribution in [2.75, 3.05) is 19.8 Å². The molecule has 0 aliphatic heterocycles. The summed E-state index contributed by atoms with van der Waals surface area (Å²) in [5.74, 6) is 0.485. The van der Waals surface area contributed by atoms with Crippen molar-refractivity contribution in [2.45, 2.75) is 34.1 Å². The number of hydrogen-bond donors (Lipinski definition) is 1. The molecule has 0 unspecified atom stereocenters. The quantitative estimate of drug-likeness (QED) is 0.756. The molecule has 5 heteroatoms. The van der Waals surface area contributed by atoms with E-state index in [9.17, 15) is 4.79 Å². The highest BCUT2D eigenvalue weighted by Crippen LogP contribution is 2.13. The average Bonchev–Trinajstić information content (AvgIpc) is 2.89. The van der Waals surface area contributed by atoms with Crippen LogP contribution in [0.4, 0.5) is 0 Å². The van der Waals surface area contributed by atoms with Crippen molar-refractivity contribution >= 4 is 5.91 Å². The number of hydrogen-bond acceptors (Lipinski definition) is 3. The second kappa shape index (κ2) is 8.64. The van der Waals surface area contributed by atoms with Crippen LogP contribution >= 0.6 is 0 Å². The van der Waals surface area contributed by atoms with E-state index in [0.29, 0.717) is 24.6 Å². The summed E-state index contributed by atoms with van der Waals surface area (Å²) in [7, 11) is 0. The van der Waals surface area contributed by atoms with Crippen LogP contribution in [0.1, 0.15) is 42.0 Å². The molecule has 1 heterocycles. The van der Waals surface area contributed by atoms with Gasteiger partial charge in [0.2, 0.25) is 0 Å². The van der Waals surface area contributed by atoms with Gasteiger partial charge in [0.15, 0.2) is 0 Å². The summed E-state index contributed by atoms with van der Waals surface area (Å²) < 4.78 is 7.38. The van der Waals surface area contributed by atoms with Crippen LogP contribution in [0, 0.1) is 19.8 Å². The van der Waals surface area contributed by atoms with Crippen molar-refractivity contribution < 1.29 is 9.53 Å². The van der Waals surface area contributed by atoms with E-state index in [1.54, 1.807) is 0 Å². The molecule has 0 fully saturated rings. The molecule has 2 rings (SSSR count). The fourth-order valence-corrected chi connectivity index (χ4v) is 2.44. The lowest BCUT2D eigenvalue weighted by molar-refractivity contribution is 0.0925. The summed E-state index contributed by atoms with van der Waals surface area (Å²) in [6.07, 6.45) is 0.822. The Morgan fingerprint density at radius 1 is 1.25 bits per heavy atom. The molecule has 1 aromatic carbocycles.